The maximum Gasteiger partial charge on any atom is 0.255 e. The Balaban J connectivity index is 0.00000169. The fraction of sp³-hybridized carbons (Fsp3) is 0.0526. The van der Waals surface area contributed by atoms with Gasteiger partial charge in [0.1, 0.15) is 12.7 Å². The zero-order valence-electron chi connectivity index (χ0n) is 14.2. The van der Waals surface area contributed by atoms with Crippen LogP contribution in [-0.2, 0) is 7.05 Å². The lowest BCUT2D eigenvalue weighted by Crippen LogP contribution is -3.00. The van der Waals surface area contributed by atoms with Gasteiger partial charge in [0.25, 0.3) is 5.91 Å². The van der Waals surface area contributed by atoms with E-state index in [0.29, 0.717) is 5.56 Å². The van der Waals surface area contributed by atoms with E-state index in [1.54, 1.807) is 12.1 Å². The summed E-state index contributed by atoms with van der Waals surface area (Å²) in [4.78, 5) is 12.2. The minimum absolute atomic E-state index is 0. The second kappa shape index (κ2) is 9.77. The summed E-state index contributed by atoms with van der Waals surface area (Å²) in [5.74, 6) is -0.133. The van der Waals surface area contributed by atoms with Gasteiger partial charge in [-0.3, -0.25) is 4.79 Å². The number of aromatic nitrogens is 1. The van der Waals surface area contributed by atoms with Crippen molar-refractivity contribution in [2.24, 2.45) is 7.05 Å². The second-order valence-electron chi connectivity index (χ2n) is 5.61. The van der Waals surface area contributed by atoms with Crippen molar-refractivity contribution < 1.29 is 39.9 Å². The molecule has 0 saturated heterocycles. The van der Waals surface area contributed by atoms with E-state index in [4.69, 9.17) is 0 Å². The number of pyridine rings is 1. The summed E-state index contributed by atoms with van der Waals surface area (Å²) in [6, 6.07) is 18.8. The average Bonchev–Trinajstić information content (AvgIpc) is 2.59. The molecule has 1 amide bonds. The molecule has 7 heteroatoms. The van der Waals surface area contributed by atoms with Crippen LogP contribution >= 0.6 is 0 Å². The first-order valence-corrected chi connectivity index (χ1v) is 7.66. The number of hydrogen-bond acceptors (Lipinski definition) is 2. The number of amides is 1. The summed E-state index contributed by atoms with van der Waals surface area (Å²) in [5, 5.41) is 6.20. The molecule has 1 heterocycles. The van der Waals surface area contributed by atoms with Gasteiger partial charge in [-0.15, -0.1) is 0 Å². The molecule has 0 aliphatic carbocycles. The van der Waals surface area contributed by atoms with Crippen LogP contribution in [0.1, 0.15) is 10.4 Å². The molecular weight excluding hydrogens is 371 g/mol. The Labute approximate surface area is 165 Å². The lowest BCUT2D eigenvalue weighted by Gasteiger charge is -2.08. The molecule has 0 unspecified atom stereocenters. The van der Waals surface area contributed by atoms with Crippen LogP contribution in [0.15, 0.2) is 73.1 Å². The Morgan fingerprint density at radius 2 is 1.31 bits per heavy atom. The molecule has 0 spiro atoms. The molecule has 0 aliphatic rings. The highest BCUT2D eigenvalue weighted by atomic mass is 35.5. The molecule has 0 saturated carbocycles. The van der Waals surface area contributed by atoms with Gasteiger partial charge in [0.15, 0.2) is 12.4 Å². The van der Waals surface area contributed by atoms with E-state index < -0.39 is 0 Å². The Hall–Kier alpha value is -2.60. The predicted molar refractivity (Wildman–Crippen MR) is 94.3 cm³/mol. The zero-order valence-corrected chi connectivity index (χ0v) is 15.8. The van der Waals surface area contributed by atoms with Crippen molar-refractivity contribution in [3.05, 3.63) is 78.6 Å². The summed E-state index contributed by atoms with van der Waals surface area (Å²) in [6.07, 6.45) is 3.96. The van der Waals surface area contributed by atoms with Crippen molar-refractivity contribution in [3.8, 4) is 0 Å². The van der Waals surface area contributed by atoms with Crippen molar-refractivity contribution in [2.45, 2.75) is 0 Å². The Morgan fingerprint density at radius 1 is 0.808 bits per heavy atom. The molecule has 0 fully saturated rings. The molecule has 136 valence electrons. The molecule has 0 radical (unpaired) electrons. The lowest BCUT2D eigenvalue weighted by atomic mass is 10.2. The van der Waals surface area contributed by atoms with Gasteiger partial charge in [0.2, 0.25) is 0 Å². The zero-order chi connectivity index (χ0) is 16.9. The third-order valence-electron chi connectivity index (χ3n) is 3.63. The summed E-state index contributed by atoms with van der Waals surface area (Å²) in [6.45, 7) is 0. The molecule has 26 heavy (non-hydrogen) atoms. The number of halogens is 2. The normalized spacial score (nSPS) is 9.46. The summed E-state index contributed by atoms with van der Waals surface area (Å²) >= 11 is 0. The first-order chi connectivity index (χ1) is 11.6. The van der Waals surface area contributed by atoms with Gasteiger partial charge in [-0.2, -0.15) is 0 Å². The van der Waals surface area contributed by atoms with E-state index in [0.717, 1.165) is 22.7 Å². The number of nitrogens with one attached hydrogen (secondary N) is 2. The van der Waals surface area contributed by atoms with Crippen molar-refractivity contribution in [2.75, 3.05) is 10.6 Å². The lowest BCUT2D eigenvalue weighted by molar-refractivity contribution is -0.671. The standard InChI is InChI=1S/C19H18N4O.2ClH/c1-23-12-10-18(11-13-23)21-16-6-8-17(9-7-16)22-19(24)14-2-4-15(20)5-3-14;;/h2-13H,1H3,(H3,20,22,24);2*1H. The van der Waals surface area contributed by atoms with Gasteiger partial charge in [-0.1, -0.05) is 0 Å². The van der Waals surface area contributed by atoms with E-state index in [2.05, 4.69) is 16.4 Å². The first-order valence-electron chi connectivity index (χ1n) is 7.66. The highest BCUT2D eigenvalue weighted by Crippen LogP contribution is 2.18. The minimum atomic E-state index is -0.133. The third-order valence-corrected chi connectivity index (χ3v) is 3.63. The Kier molecular flexibility index (Phi) is 8.06. The first kappa shape index (κ1) is 21.4. The average molecular weight is 391 g/mol. The summed E-state index contributed by atoms with van der Waals surface area (Å²) in [5.41, 5.74) is 8.04. The van der Waals surface area contributed by atoms with Gasteiger partial charge < -0.3 is 41.2 Å². The van der Waals surface area contributed by atoms with Crippen molar-refractivity contribution in [3.63, 3.8) is 0 Å². The van der Waals surface area contributed by atoms with E-state index in [9.17, 15) is 4.79 Å². The van der Waals surface area contributed by atoms with Crippen LogP contribution in [0, 0.1) is 0 Å². The maximum absolute atomic E-state index is 12.2. The minimum Gasteiger partial charge on any atom is -1.00 e. The van der Waals surface area contributed by atoms with Crippen LogP contribution in [-0.4, -0.2) is 5.91 Å². The quantitative estimate of drug-likeness (QED) is 0.402. The van der Waals surface area contributed by atoms with E-state index in [1.807, 2.05) is 72.5 Å². The van der Waals surface area contributed by atoms with Crippen molar-refractivity contribution >= 4 is 28.7 Å². The van der Waals surface area contributed by atoms with Gasteiger partial charge >= 0.3 is 0 Å². The molecule has 5 nitrogen and oxygen atoms in total. The summed E-state index contributed by atoms with van der Waals surface area (Å²) in [7, 11) is 1.98. The second-order valence-corrected chi connectivity index (χ2v) is 5.61. The topological polar surface area (TPSA) is 72.7 Å². The van der Waals surface area contributed by atoms with Gasteiger partial charge in [-0.05, 0) is 48.5 Å². The summed E-state index contributed by atoms with van der Waals surface area (Å²) < 4.78 is 1.98. The molecule has 2 aromatic carbocycles. The maximum atomic E-state index is 12.2. The Bertz CT molecular complexity index is 835. The molecular formula is C19H20Cl2N4O. The number of nitrogens with zero attached hydrogens (tertiary/aromatic N) is 1. The Morgan fingerprint density at radius 3 is 1.88 bits per heavy atom. The number of quaternary nitrogens is 1. The fourth-order valence-corrected chi connectivity index (χ4v) is 2.25. The van der Waals surface area contributed by atoms with Crippen LogP contribution < -0.4 is 45.7 Å². The van der Waals surface area contributed by atoms with E-state index in [-0.39, 0.29) is 30.7 Å². The number of anilines is 3. The van der Waals surface area contributed by atoms with E-state index >= 15 is 0 Å². The predicted octanol–water partition coefficient (Wildman–Crippen LogP) is -3.61. The van der Waals surface area contributed by atoms with E-state index in [1.165, 1.54) is 0 Å². The number of rotatable bonds is 4. The van der Waals surface area contributed by atoms with Crippen LogP contribution in [0.2, 0.25) is 0 Å². The smallest absolute Gasteiger partial charge is 0.255 e. The fourth-order valence-electron chi connectivity index (χ4n) is 2.25. The SMILES string of the molecule is C[n+]1ccc(Nc2ccc(NC(=O)c3ccc([NH3+])cc3)cc2)cc1.[Cl-].[Cl-]. The molecule has 0 aliphatic heterocycles. The monoisotopic (exact) mass is 390 g/mol. The number of aryl methyl sites for hydroxylation is 1. The van der Waals surface area contributed by atoms with Crippen LogP contribution in [0.3, 0.4) is 0 Å². The molecule has 1 aromatic heterocycles. The van der Waals surface area contributed by atoms with Gasteiger partial charge in [0, 0.05) is 29.1 Å². The number of benzene rings is 2. The van der Waals surface area contributed by atoms with Crippen LogP contribution in [0.4, 0.5) is 22.7 Å². The van der Waals surface area contributed by atoms with Crippen LogP contribution in [0.5, 0.6) is 0 Å². The van der Waals surface area contributed by atoms with Crippen LogP contribution in [0.25, 0.3) is 0 Å². The van der Waals surface area contributed by atoms with Crippen molar-refractivity contribution in [1.29, 1.82) is 0 Å². The third kappa shape index (κ3) is 5.74. The molecule has 0 atom stereocenters. The van der Waals surface area contributed by atoms with Gasteiger partial charge in [0.05, 0.1) is 5.69 Å². The largest absolute Gasteiger partial charge is 1.00 e. The molecule has 0 bridgehead atoms. The number of carbonyl (C=O) groups excluding carboxylic acids is 1. The molecule has 3 rings (SSSR count). The number of carbonyl (C=O) groups is 1. The number of hydrogen-bond donors (Lipinski definition) is 3. The highest BCUT2D eigenvalue weighted by molar-refractivity contribution is 6.04. The van der Waals surface area contributed by atoms with Gasteiger partial charge in [-0.25, -0.2) is 4.57 Å². The van der Waals surface area contributed by atoms with Crippen molar-refractivity contribution in [1.82, 2.24) is 0 Å². The highest BCUT2D eigenvalue weighted by Gasteiger charge is 2.06. The molecule has 3 aromatic rings. The molecule has 5 N–H and O–H groups in total.